The molecule has 3 aromatic rings. The van der Waals surface area contributed by atoms with Crippen LogP contribution in [0.25, 0.3) is 11.3 Å². The van der Waals surface area contributed by atoms with Gasteiger partial charge >= 0.3 is 0 Å². The van der Waals surface area contributed by atoms with E-state index in [0.29, 0.717) is 18.3 Å². The Morgan fingerprint density at radius 3 is 2.32 bits per heavy atom. The molecule has 4 nitrogen and oxygen atoms in total. The first kappa shape index (κ1) is 17.1. The molecule has 0 saturated heterocycles. The van der Waals surface area contributed by atoms with Crippen LogP contribution in [0.5, 0.6) is 0 Å². The highest BCUT2D eigenvalue weighted by Crippen LogP contribution is 2.22. The average molecular weight is 333 g/mol. The van der Waals surface area contributed by atoms with Gasteiger partial charge in [0.15, 0.2) is 0 Å². The highest BCUT2D eigenvalue weighted by atomic mass is 16.3. The number of aliphatic hydroxyl groups is 1. The molecule has 1 aromatic heterocycles. The lowest BCUT2D eigenvalue weighted by Gasteiger charge is -2.13. The van der Waals surface area contributed by atoms with Gasteiger partial charge in [0.1, 0.15) is 12.1 Å². The second-order valence-corrected chi connectivity index (χ2v) is 6.37. The van der Waals surface area contributed by atoms with Gasteiger partial charge in [0.25, 0.3) is 0 Å². The average Bonchev–Trinajstić information content (AvgIpc) is 2.67. The van der Waals surface area contributed by atoms with Gasteiger partial charge in [-0.05, 0) is 17.0 Å². The van der Waals surface area contributed by atoms with Gasteiger partial charge in [-0.15, -0.1) is 0 Å². The van der Waals surface area contributed by atoms with Crippen molar-refractivity contribution in [1.29, 1.82) is 0 Å². The van der Waals surface area contributed by atoms with Crippen molar-refractivity contribution in [1.82, 2.24) is 9.97 Å². The standard InChI is InChI=1S/C21H23N3O/c1-15(2)16-8-10-17(11-9-16)19-12-21(24-14-23-19)22-13-20(25)18-6-4-3-5-7-18/h3-12,14-15,20,25H,13H2,1-2H3,(H,22,23,24)/t20-/m0/s1. The lowest BCUT2D eigenvalue weighted by atomic mass is 10.0. The van der Waals surface area contributed by atoms with Crippen LogP contribution in [0.1, 0.15) is 37.0 Å². The topological polar surface area (TPSA) is 58.0 Å². The lowest BCUT2D eigenvalue weighted by molar-refractivity contribution is 0.191. The van der Waals surface area contributed by atoms with Crippen LogP contribution in [-0.2, 0) is 0 Å². The zero-order valence-corrected chi connectivity index (χ0v) is 14.6. The molecule has 0 radical (unpaired) electrons. The molecule has 3 rings (SSSR count). The normalized spacial score (nSPS) is 12.2. The fourth-order valence-electron chi connectivity index (χ4n) is 2.64. The summed E-state index contributed by atoms with van der Waals surface area (Å²) in [5.41, 5.74) is 4.11. The van der Waals surface area contributed by atoms with E-state index in [1.54, 1.807) is 6.33 Å². The van der Waals surface area contributed by atoms with Crippen molar-refractivity contribution in [2.45, 2.75) is 25.9 Å². The molecule has 0 aliphatic heterocycles. The van der Waals surface area contributed by atoms with Crippen LogP contribution >= 0.6 is 0 Å². The number of aromatic nitrogens is 2. The van der Waals surface area contributed by atoms with Crippen molar-refractivity contribution in [2.24, 2.45) is 0 Å². The Hall–Kier alpha value is -2.72. The van der Waals surface area contributed by atoms with Gasteiger partial charge in [0, 0.05) is 18.2 Å². The van der Waals surface area contributed by atoms with Crippen molar-refractivity contribution in [3.8, 4) is 11.3 Å². The maximum absolute atomic E-state index is 10.2. The molecule has 0 bridgehead atoms. The molecule has 2 aromatic carbocycles. The molecular weight excluding hydrogens is 310 g/mol. The van der Waals surface area contributed by atoms with E-state index in [1.165, 1.54) is 5.56 Å². The smallest absolute Gasteiger partial charge is 0.130 e. The minimum absolute atomic E-state index is 0.396. The SMILES string of the molecule is CC(C)c1ccc(-c2cc(NC[C@H](O)c3ccccc3)ncn2)cc1. The van der Waals surface area contributed by atoms with Gasteiger partial charge in [-0.2, -0.15) is 0 Å². The summed E-state index contributed by atoms with van der Waals surface area (Å²) in [4.78, 5) is 8.60. The molecular formula is C21H23N3O. The summed E-state index contributed by atoms with van der Waals surface area (Å²) in [7, 11) is 0. The Labute approximate surface area is 148 Å². The molecule has 0 spiro atoms. The molecule has 1 atom stereocenters. The number of nitrogens with one attached hydrogen (secondary N) is 1. The zero-order valence-electron chi connectivity index (χ0n) is 14.6. The molecule has 25 heavy (non-hydrogen) atoms. The van der Waals surface area contributed by atoms with E-state index < -0.39 is 6.10 Å². The number of hydrogen-bond acceptors (Lipinski definition) is 4. The predicted molar refractivity (Wildman–Crippen MR) is 101 cm³/mol. The molecule has 0 amide bonds. The number of rotatable bonds is 6. The molecule has 0 fully saturated rings. The summed E-state index contributed by atoms with van der Waals surface area (Å²) in [5.74, 6) is 1.21. The van der Waals surface area contributed by atoms with Crippen LogP contribution in [-0.4, -0.2) is 21.6 Å². The first-order valence-corrected chi connectivity index (χ1v) is 8.53. The second-order valence-electron chi connectivity index (χ2n) is 6.37. The van der Waals surface area contributed by atoms with E-state index in [4.69, 9.17) is 0 Å². The van der Waals surface area contributed by atoms with Gasteiger partial charge in [-0.3, -0.25) is 0 Å². The Kier molecular flexibility index (Phi) is 5.41. The van der Waals surface area contributed by atoms with E-state index >= 15 is 0 Å². The van der Waals surface area contributed by atoms with Crippen molar-refractivity contribution in [3.63, 3.8) is 0 Å². The van der Waals surface area contributed by atoms with E-state index in [2.05, 4.69) is 53.4 Å². The van der Waals surface area contributed by atoms with Gasteiger partial charge in [-0.1, -0.05) is 68.4 Å². The number of nitrogens with zero attached hydrogens (tertiary/aromatic N) is 2. The first-order valence-electron chi connectivity index (χ1n) is 8.53. The van der Waals surface area contributed by atoms with E-state index in [9.17, 15) is 5.11 Å². The van der Waals surface area contributed by atoms with E-state index in [-0.39, 0.29) is 0 Å². The summed E-state index contributed by atoms with van der Waals surface area (Å²) >= 11 is 0. The van der Waals surface area contributed by atoms with Gasteiger partial charge < -0.3 is 10.4 Å². The van der Waals surface area contributed by atoms with Crippen LogP contribution in [0.3, 0.4) is 0 Å². The third-order valence-corrected chi connectivity index (χ3v) is 4.20. The Morgan fingerprint density at radius 1 is 0.920 bits per heavy atom. The third-order valence-electron chi connectivity index (χ3n) is 4.20. The third kappa shape index (κ3) is 4.43. The summed E-state index contributed by atoms with van der Waals surface area (Å²) in [6, 6.07) is 19.9. The van der Waals surface area contributed by atoms with E-state index in [0.717, 1.165) is 16.8 Å². The molecule has 128 valence electrons. The molecule has 0 unspecified atom stereocenters. The van der Waals surface area contributed by atoms with E-state index in [1.807, 2.05) is 36.4 Å². The number of hydrogen-bond donors (Lipinski definition) is 2. The van der Waals surface area contributed by atoms with Gasteiger partial charge in [0.05, 0.1) is 11.8 Å². The van der Waals surface area contributed by atoms with Crippen LogP contribution in [0.2, 0.25) is 0 Å². The highest BCUT2D eigenvalue weighted by molar-refractivity contribution is 5.62. The Morgan fingerprint density at radius 2 is 1.64 bits per heavy atom. The maximum atomic E-state index is 10.2. The summed E-state index contributed by atoms with van der Waals surface area (Å²) in [5, 5.41) is 13.4. The van der Waals surface area contributed by atoms with Gasteiger partial charge in [0.2, 0.25) is 0 Å². The first-order chi connectivity index (χ1) is 12.1. The van der Waals surface area contributed by atoms with Crippen molar-refractivity contribution < 1.29 is 5.11 Å². The van der Waals surface area contributed by atoms with Crippen LogP contribution in [0.15, 0.2) is 67.0 Å². The maximum Gasteiger partial charge on any atom is 0.130 e. The second kappa shape index (κ2) is 7.90. The summed E-state index contributed by atoms with van der Waals surface area (Å²) in [6.07, 6.45) is 0.966. The van der Waals surface area contributed by atoms with Crippen LogP contribution < -0.4 is 5.32 Å². The number of benzene rings is 2. The predicted octanol–water partition coefficient (Wildman–Crippen LogP) is 4.41. The number of aliphatic hydroxyl groups excluding tert-OH is 1. The molecule has 1 heterocycles. The molecule has 4 heteroatoms. The Bertz CT molecular complexity index is 801. The quantitative estimate of drug-likeness (QED) is 0.701. The fraction of sp³-hybridized carbons (Fsp3) is 0.238. The molecule has 2 N–H and O–H groups in total. The van der Waals surface area contributed by atoms with Crippen molar-refractivity contribution in [3.05, 3.63) is 78.1 Å². The van der Waals surface area contributed by atoms with Crippen LogP contribution in [0, 0.1) is 0 Å². The lowest BCUT2D eigenvalue weighted by Crippen LogP contribution is -2.13. The zero-order chi connectivity index (χ0) is 17.6. The monoisotopic (exact) mass is 333 g/mol. The Balaban J connectivity index is 1.69. The van der Waals surface area contributed by atoms with Crippen LogP contribution in [0.4, 0.5) is 5.82 Å². The highest BCUT2D eigenvalue weighted by Gasteiger charge is 2.08. The van der Waals surface area contributed by atoms with Crippen molar-refractivity contribution in [2.75, 3.05) is 11.9 Å². The van der Waals surface area contributed by atoms with Crippen molar-refractivity contribution >= 4 is 5.82 Å². The van der Waals surface area contributed by atoms with Gasteiger partial charge in [-0.25, -0.2) is 9.97 Å². The minimum Gasteiger partial charge on any atom is -0.387 e. The molecule has 0 aliphatic rings. The molecule has 0 saturated carbocycles. The molecule has 0 aliphatic carbocycles. The summed E-state index contributed by atoms with van der Waals surface area (Å²) in [6.45, 7) is 4.76. The minimum atomic E-state index is -0.579. The summed E-state index contributed by atoms with van der Waals surface area (Å²) < 4.78 is 0. The largest absolute Gasteiger partial charge is 0.387 e. The fourth-order valence-corrected chi connectivity index (χ4v) is 2.64. The number of anilines is 1.